The SMILES string of the molecule is Cc1cc(C)cc(OC(=O)COc2ccc(Cl)cc2)c1. The molecule has 0 unspecified atom stereocenters. The van der Waals surface area contributed by atoms with Crippen LogP contribution in [0.15, 0.2) is 42.5 Å². The second-order valence-corrected chi connectivity index (χ2v) is 4.98. The van der Waals surface area contributed by atoms with E-state index >= 15 is 0 Å². The Morgan fingerprint density at radius 3 is 2.20 bits per heavy atom. The lowest BCUT2D eigenvalue weighted by Crippen LogP contribution is -2.17. The Bertz CT molecular complexity index is 585. The quantitative estimate of drug-likeness (QED) is 0.632. The molecule has 0 saturated heterocycles. The van der Waals surface area contributed by atoms with Crippen LogP contribution in [-0.2, 0) is 4.79 Å². The van der Waals surface area contributed by atoms with Crippen LogP contribution in [0, 0.1) is 13.8 Å². The molecule has 0 aliphatic rings. The Hall–Kier alpha value is -2.00. The highest BCUT2D eigenvalue weighted by Crippen LogP contribution is 2.17. The number of carbonyl (C=O) groups excluding carboxylic acids is 1. The number of rotatable bonds is 4. The van der Waals surface area contributed by atoms with Crippen molar-refractivity contribution in [3.05, 3.63) is 58.6 Å². The standard InChI is InChI=1S/C16H15ClO3/c1-11-7-12(2)9-15(8-11)20-16(18)10-19-14-5-3-13(17)4-6-14/h3-9H,10H2,1-2H3. The number of benzene rings is 2. The molecule has 0 aromatic heterocycles. The highest BCUT2D eigenvalue weighted by molar-refractivity contribution is 6.30. The lowest BCUT2D eigenvalue weighted by molar-refractivity contribution is -0.136. The Balaban J connectivity index is 1.90. The number of halogens is 1. The summed E-state index contributed by atoms with van der Waals surface area (Å²) in [6, 6.07) is 12.4. The maximum atomic E-state index is 11.7. The third-order valence-corrected chi connectivity index (χ3v) is 2.85. The Morgan fingerprint density at radius 1 is 1.00 bits per heavy atom. The van der Waals surface area contributed by atoms with E-state index in [9.17, 15) is 4.79 Å². The van der Waals surface area contributed by atoms with Gasteiger partial charge < -0.3 is 9.47 Å². The molecular formula is C16H15ClO3. The van der Waals surface area contributed by atoms with E-state index in [1.54, 1.807) is 24.3 Å². The molecule has 0 aliphatic carbocycles. The van der Waals surface area contributed by atoms with Gasteiger partial charge in [0.1, 0.15) is 11.5 Å². The molecule has 0 spiro atoms. The zero-order chi connectivity index (χ0) is 14.5. The van der Waals surface area contributed by atoms with Gasteiger partial charge in [-0.05, 0) is 61.4 Å². The van der Waals surface area contributed by atoms with Crippen LogP contribution in [0.5, 0.6) is 11.5 Å². The third-order valence-electron chi connectivity index (χ3n) is 2.60. The van der Waals surface area contributed by atoms with Gasteiger partial charge in [-0.1, -0.05) is 17.7 Å². The van der Waals surface area contributed by atoms with Gasteiger partial charge in [0.25, 0.3) is 0 Å². The first-order chi connectivity index (χ1) is 9.52. The summed E-state index contributed by atoms with van der Waals surface area (Å²) < 4.78 is 10.6. The predicted octanol–water partition coefficient (Wildman–Crippen LogP) is 3.94. The van der Waals surface area contributed by atoms with Crippen LogP contribution < -0.4 is 9.47 Å². The van der Waals surface area contributed by atoms with Crippen LogP contribution >= 0.6 is 11.6 Å². The van der Waals surface area contributed by atoms with Gasteiger partial charge in [0.05, 0.1) is 0 Å². The van der Waals surface area contributed by atoms with Crippen molar-refractivity contribution >= 4 is 17.6 Å². The highest BCUT2D eigenvalue weighted by Gasteiger charge is 2.07. The Kier molecular flexibility index (Phi) is 4.64. The molecule has 0 radical (unpaired) electrons. The second-order valence-electron chi connectivity index (χ2n) is 4.54. The highest BCUT2D eigenvalue weighted by atomic mass is 35.5. The van der Waals surface area contributed by atoms with Crippen molar-refractivity contribution in [2.45, 2.75) is 13.8 Å². The molecule has 0 atom stereocenters. The monoisotopic (exact) mass is 290 g/mol. The lowest BCUT2D eigenvalue weighted by Gasteiger charge is -2.08. The van der Waals surface area contributed by atoms with Crippen molar-refractivity contribution in [3.63, 3.8) is 0 Å². The van der Waals surface area contributed by atoms with Crippen LogP contribution in [0.1, 0.15) is 11.1 Å². The van der Waals surface area contributed by atoms with Crippen LogP contribution in [0.2, 0.25) is 5.02 Å². The molecule has 20 heavy (non-hydrogen) atoms. The molecule has 0 heterocycles. The van der Waals surface area contributed by atoms with E-state index in [1.165, 1.54) is 0 Å². The first-order valence-electron chi connectivity index (χ1n) is 6.20. The van der Waals surface area contributed by atoms with Gasteiger partial charge in [0, 0.05) is 5.02 Å². The largest absolute Gasteiger partial charge is 0.482 e. The summed E-state index contributed by atoms with van der Waals surface area (Å²) in [6.45, 7) is 3.76. The molecule has 104 valence electrons. The summed E-state index contributed by atoms with van der Waals surface area (Å²) >= 11 is 5.76. The van der Waals surface area contributed by atoms with Crippen molar-refractivity contribution in [2.75, 3.05) is 6.61 Å². The Morgan fingerprint density at radius 2 is 1.60 bits per heavy atom. The molecule has 0 saturated carbocycles. The summed E-state index contributed by atoms with van der Waals surface area (Å²) in [5.41, 5.74) is 2.10. The topological polar surface area (TPSA) is 35.5 Å². The van der Waals surface area contributed by atoms with Crippen molar-refractivity contribution in [1.82, 2.24) is 0 Å². The van der Waals surface area contributed by atoms with Gasteiger partial charge in [0.2, 0.25) is 0 Å². The number of carbonyl (C=O) groups is 1. The average Bonchev–Trinajstić information content (AvgIpc) is 2.37. The molecule has 0 N–H and O–H groups in total. The summed E-state index contributed by atoms with van der Waals surface area (Å²) in [6.07, 6.45) is 0. The first kappa shape index (κ1) is 14.4. The van der Waals surface area contributed by atoms with E-state index in [4.69, 9.17) is 21.1 Å². The van der Waals surface area contributed by atoms with E-state index in [0.717, 1.165) is 11.1 Å². The molecule has 0 amide bonds. The molecule has 2 rings (SSSR count). The summed E-state index contributed by atoms with van der Waals surface area (Å²) in [5, 5.41) is 0.621. The number of ether oxygens (including phenoxy) is 2. The minimum Gasteiger partial charge on any atom is -0.482 e. The van der Waals surface area contributed by atoms with E-state index in [0.29, 0.717) is 16.5 Å². The smallest absolute Gasteiger partial charge is 0.349 e. The van der Waals surface area contributed by atoms with Crippen LogP contribution in [0.3, 0.4) is 0 Å². The normalized spacial score (nSPS) is 10.2. The molecule has 3 nitrogen and oxygen atoms in total. The molecule has 0 fully saturated rings. The van der Waals surface area contributed by atoms with Gasteiger partial charge in [0.15, 0.2) is 6.61 Å². The number of hydrogen-bond acceptors (Lipinski definition) is 3. The first-order valence-corrected chi connectivity index (χ1v) is 6.58. The molecule has 0 aliphatic heterocycles. The van der Waals surface area contributed by atoms with Gasteiger partial charge in [-0.2, -0.15) is 0 Å². The van der Waals surface area contributed by atoms with Crippen LogP contribution in [0.4, 0.5) is 0 Å². The summed E-state index contributed by atoms with van der Waals surface area (Å²) in [4.78, 5) is 11.7. The van der Waals surface area contributed by atoms with Gasteiger partial charge in [-0.25, -0.2) is 4.79 Å². The zero-order valence-corrected chi connectivity index (χ0v) is 12.1. The fourth-order valence-corrected chi connectivity index (χ4v) is 1.95. The maximum absolute atomic E-state index is 11.7. The van der Waals surface area contributed by atoms with Crippen molar-refractivity contribution in [2.24, 2.45) is 0 Å². The predicted molar refractivity (Wildman–Crippen MR) is 78.5 cm³/mol. The average molecular weight is 291 g/mol. The summed E-state index contributed by atoms with van der Waals surface area (Å²) in [7, 11) is 0. The van der Waals surface area contributed by atoms with Gasteiger partial charge in [-0.3, -0.25) is 0 Å². The third kappa shape index (κ3) is 4.28. The fraction of sp³-hybridized carbons (Fsp3) is 0.188. The maximum Gasteiger partial charge on any atom is 0.349 e. The van der Waals surface area contributed by atoms with Crippen molar-refractivity contribution in [3.8, 4) is 11.5 Å². The van der Waals surface area contributed by atoms with E-state index < -0.39 is 5.97 Å². The molecular weight excluding hydrogens is 276 g/mol. The molecule has 4 heteroatoms. The Labute approximate surface area is 123 Å². The van der Waals surface area contributed by atoms with Crippen molar-refractivity contribution in [1.29, 1.82) is 0 Å². The summed E-state index contributed by atoms with van der Waals surface area (Å²) in [5.74, 6) is 0.670. The van der Waals surface area contributed by atoms with E-state index in [-0.39, 0.29) is 6.61 Å². The number of hydrogen-bond donors (Lipinski definition) is 0. The van der Waals surface area contributed by atoms with E-state index in [1.807, 2.05) is 32.0 Å². The minimum atomic E-state index is -0.440. The van der Waals surface area contributed by atoms with Crippen LogP contribution in [0.25, 0.3) is 0 Å². The zero-order valence-electron chi connectivity index (χ0n) is 11.4. The number of aryl methyl sites for hydroxylation is 2. The number of esters is 1. The fourth-order valence-electron chi connectivity index (χ4n) is 1.83. The second kappa shape index (κ2) is 6.44. The minimum absolute atomic E-state index is 0.144. The molecule has 2 aromatic rings. The van der Waals surface area contributed by atoms with Crippen LogP contribution in [-0.4, -0.2) is 12.6 Å². The van der Waals surface area contributed by atoms with Gasteiger partial charge >= 0.3 is 5.97 Å². The lowest BCUT2D eigenvalue weighted by atomic mass is 10.1. The molecule has 0 bridgehead atoms. The van der Waals surface area contributed by atoms with E-state index in [2.05, 4.69) is 0 Å². The van der Waals surface area contributed by atoms with Crippen molar-refractivity contribution < 1.29 is 14.3 Å². The van der Waals surface area contributed by atoms with Gasteiger partial charge in [-0.15, -0.1) is 0 Å². The molecule has 2 aromatic carbocycles.